The Hall–Kier alpha value is -0.367. The first-order valence-electron chi connectivity index (χ1n) is 4.12. The molecule has 90 valence electrons. The van der Waals surface area contributed by atoms with E-state index < -0.39 is 0 Å². The van der Waals surface area contributed by atoms with E-state index in [9.17, 15) is 0 Å². The predicted octanol–water partition coefficient (Wildman–Crippen LogP) is 2.21. The fourth-order valence-electron chi connectivity index (χ4n) is 0.577. The van der Waals surface area contributed by atoms with Crippen molar-refractivity contribution in [2.75, 3.05) is 0 Å². The molecular weight excluding hydrogens is 281 g/mol. The second-order valence-corrected chi connectivity index (χ2v) is 3.14. The van der Waals surface area contributed by atoms with Crippen LogP contribution in [0.3, 0.4) is 0 Å². The zero-order chi connectivity index (χ0) is 12.6. The van der Waals surface area contributed by atoms with Gasteiger partial charge in [-0.25, -0.2) is 0 Å². The smallest absolute Gasteiger partial charge is 0.545 e. The zero-order valence-corrected chi connectivity index (χ0v) is 11.5. The Morgan fingerprint density at radius 2 is 1.20 bits per heavy atom. The van der Waals surface area contributed by atoms with E-state index in [0.29, 0.717) is 0 Å². The molecule has 0 amide bonds. The summed E-state index contributed by atoms with van der Waals surface area (Å²) >= 11 is 0. The van der Waals surface area contributed by atoms with Crippen molar-refractivity contribution in [3.8, 4) is 0 Å². The Labute approximate surface area is 107 Å². The summed E-state index contributed by atoms with van der Waals surface area (Å²) in [5.74, 6) is 2.42. The summed E-state index contributed by atoms with van der Waals surface area (Å²) in [5, 5.41) is 0. The quantitative estimate of drug-likeness (QED) is 0.456. The maximum absolute atomic E-state index is 7.75. The summed E-state index contributed by atoms with van der Waals surface area (Å²) in [5.41, 5.74) is 0. The molecule has 0 fully saturated rings. The molecule has 0 aromatic carbocycles. The molecule has 3 nitrogen and oxygen atoms in total. The Bertz CT molecular complexity index is 75.1. The van der Waals surface area contributed by atoms with Crippen LogP contribution in [0.15, 0.2) is 0 Å². The Kier molecular flexibility index (Phi) is 73.0. The van der Waals surface area contributed by atoms with Crippen molar-refractivity contribution in [1.82, 2.24) is 0 Å². The first-order chi connectivity index (χ1) is 6.63. The summed E-state index contributed by atoms with van der Waals surface area (Å²) < 4.78 is 0. The van der Waals surface area contributed by atoms with E-state index in [1.54, 1.807) is 5.92 Å². The van der Waals surface area contributed by atoms with Gasteiger partial charge >= 0.3 is 19.5 Å². The first-order valence-corrected chi connectivity index (χ1v) is 4.12. The maximum atomic E-state index is 7.75. The molecule has 0 aromatic rings. The van der Waals surface area contributed by atoms with Gasteiger partial charge in [0.15, 0.2) is 0 Å². The summed E-state index contributed by atoms with van der Waals surface area (Å²) in [6, 6.07) is 0. The van der Waals surface area contributed by atoms with Gasteiger partial charge in [-0.05, 0) is 5.92 Å². The number of hydrogen-bond donors (Lipinski definition) is 0. The standard InChI is InChI=1S/C8H17.3CHO.Ru/c1-7(2)5-6-8(3)4;3*1-2;/h7H,5-6H2,1-4H3;3*1H;/q4*-1;+4. The van der Waals surface area contributed by atoms with E-state index >= 15 is 0 Å². The molecule has 0 unspecified atom stereocenters. The molecule has 0 spiro atoms. The molecule has 0 rings (SSSR count). The maximum Gasteiger partial charge on any atom is 4.00 e. The molecule has 0 bridgehead atoms. The second kappa shape index (κ2) is 37.3. The van der Waals surface area contributed by atoms with E-state index in [0.717, 1.165) is 5.92 Å². The number of hydrogen-bond acceptors (Lipinski definition) is 3. The van der Waals surface area contributed by atoms with Gasteiger partial charge in [-0.2, -0.15) is 20.3 Å². The molecular formula is C11H20O3Ru. The van der Waals surface area contributed by atoms with Crippen LogP contribution in [0.25, 0.3) is 0 Å². The third-order valence-corrected chi connectivity index (χ3v) is 1.22. The van der Waals surface area contributed by atoms with Crippen molar-refractivity contribution >= 4 is 20.4 Å². The van der Waals surface area contributed by atoms with Crippen molar-refractivity contribution in [3.63, 3.8) is 0 Å². The molecule has 0 atom stereocenters. The Morgan fingerprint density at radius 1 is 0.933 bits per heavy atom. The van der Waals surface area contributed by atoms with Crippen molar-refractivity contribution in [2.24, 2.45) is 5.92 Å². The summed E-state index contributed by atoms with van der Waals surface area (Å²) in [6.45, 7) is 18.7. The normalized spacial score (nSPS) is 6.80. The minimum Gasteiger partial charge on any atom is -0.545 e. The fourth-order valence-corrected chi connectivity index (χ4v) is 0.577. The average Bonchev–Trinajstić information content (AvgIpc) is 2.24. The van der Waals surface area contributed by atoms with Crippen molar-refractivity contribution in [2.45, 2.75) is 40.5 Å². The molecule has 4 heteroatoms. The van der Waals surface area contributed by atoms with Gasteiger partial charge in [0.25, 0.3) is 0 Å². The molecule has 0 aliphatic rings. The third kappa shape index (κ3) is 85.9. The molecule has 0 saturated heterocycles. The van der Waals surface area contributed by atoms with Crippen LogP contribution in [0.5, 0.6) is 0 Å². The third-order valence-electron chi connectivity index (χ3n) is 1.22. The Balaban J connectivity index is -0.0000000410. The monoisotopic (exact) mass is 302 g/mol. The topological polar surface area (TPSA) is 51.2 Å². The van der Waals surface area contributed by atoms with Crippen molar-refractivity contribution < 1.29 is 33.9 Å². The number of rotatable bonds is 3. The van der Waals surface area contributed by atoms with Crippen molar-refractivity contribution in [3.05, 3.63) is 5.92 Å². The molecule has 15 heavy (non-hydrogen) atoms. The molecule has 0 aromatic heterocycles. The van der Waals surface area contributed by atoms with Gasteiger partial charge in [-0.1, -0.05) is 20.3 Å². The summed E-state index contributed by atoms with van der Waals surface area (Å²) in [4.78, 5) is 23.2. The van der Waals surface area contributed by atoms with Crippen LogP contribution >= 0.6 is 0 Å². The van der Waals surface area contributed by atoms with Gasteiger partial charge in [-0.15, -0.1) is 0 Å². The van der Waals surface area contributed by atoms with Gasteiger partial charge in [0.1, 0.15) is 0 Å². The predicted molar refractivity (Wildman–Crippen MR) is 58.9 cm³/mol. The van der Waals surface area contributed by atoms with Crippen molar-refractivity contribution in [1.29, 1.82) is 0 Å². The van der Waals surface area contributed by atoms with Gasteiger partial charge in [0.2, 0.25) is 0 Å². The van der Waals surface area contributed by atoms with Crippen LogP contribution < -0.4 is 0 Å². The molecule has 0 aliphatic heterocycles. The molecule has 0 radical (unpaired) electrons. The average molecular weight is 301 g/mol. The van der Waals surface area contributed by atoms with Gasteiger partial charge in [0, 0.05) is 0 Å². The van der Waals surface area contributed by atoms with E-state index in [-0.39, 0.29) is 19.5 Å². The zero-order valence-electron chi connectivity index (χ0n) is 9.80. The molecule has 0 heterocycles. The SMILES string of the molecule is C[C-](C)CCC(C)C.[CH-]=O.[CH-]=O.[CH-]=O.[Ru+4]. The minimum atomic E-state index is 0. The minimum absolute atomic E-state index is 0. The van der Waals surface area contributed by atoms with Crippen LogP contribution in [0, 0.1) is 11.8 Å². The van der Waals surface area contributed by atoms with Gasteiger partial charge in [-0.3, -0.25) is 20.4 Å². The van der Waals surface area contributed by atoms with Crippen LogP contribution in [0.1, 0.15) is 40.5 Å². The Morgan fingerprint density at radius 3 is 1.27 bits per heavy atom. The summed E-state index contributed by atoms with van der Waals surface area (Å²) in [7, 11) is 0. The second-order valence-electron chi connectivity index (χ2n) is 3.14. The van der Waals surface area contributed by atoms with E-state index in [1.165, 1.54) is 12.8 Å². The van der Waals surface area contributed by atoms with Crippen LogP contribution in [0.4, 0.5) is 0 Å². The van der Waals surface area contributed by atoms with Crippen LogP contribution in [-0.2, 0) is 33.9 Å². The largest absolute Gasteiger partial charge is 4.00 e. The molecule has 0 aliphatic carbocycles. The van der Waals surface area contributed by atoms with Gasteiger partial charge < -0.3 is 20.3 Å². The van der Waals surface area contributed by atoms with Crippen LogP contribution in [0.2, 0.25) is 0 Å². The van der Waals surface area contributed by atoms with E-state index in [4.69, 9.17) is 14.4 Å². The fraction of sp³-hybridized carbons (Fsp3) is 0.636. The molecule has 0 saturated carbocycles. The van der Waals surface area contributed by atoms with E-state index in [2.05, 4.69) is 48.1 Å². The van der Waals surface area contributed by atoms with E-state index in [1.807, 2.05) is 0 Å². The van der Waals surface area contributed by atoms with Gasteiger partial charge in [0.05, 0.1) is 0 Å². The first kappa shape index (κ1) is 29.3. The van der Waals surface area contributed by atoms with Crippen LogP contribution in [-0.4, -0.2) is 20.4 Å². The molecule has 0 N–H and O–H groups in total. The number of carbonyl (C=O) groups excluding carboxylic acids is 3. The summed E-state index contributed by atoms with van der Waals surface area (Å²) in [6.07, 6.45) is 2.65.